The van der Waals surface area contributed by atoms with Gasteiger partial charge < -0.3 is 0 Å². The first-order chi connectivity index (χ1) is 16.4. The number of carbonyl (C=O) groups excluding carboxylic acids is 1. The number of halogens is 3. The van der Waals surface area contributed by atoms with Crippen molar-refractivity contribution < 1.29 is 18.0 Å². The number of carbonyl (C=O) groups is 1. The Hall–Kier alpha value is -4.65. The highest BCUT2D eigenvalue weighted by Gasteiger charge is 2.25. The summed E-state index contributed by atoms with van der Waals surface area (Å²) in [6.07, 6.45) is 0. The topological polar surface area (TPSA) is 73.0 Å². The molecule has 1 amide bonds. The lowest BCUT2D eigenvalue weighted by molar-refractivity contribution is 0.244. The summed E-state index contributed by atoms with van der Waals surface area (Å²) in [7, 11) is 0. The van der Waals surface area contributed by atoms with Crippen molar-refractivity contribution in [2.24, 2.45) is 0 Å². The molecule has 0 unspecified atom stereocenters. The van der Waals surface area contributed by atoms with Crippen LogP contribution in [-0.2, 0) is 0 Å². The van der Waals surface area contributed by atoms with E-state index < -0.39 is 34.9 Å². The summed E-state index contributed by atoms with van der Waals surface area (Å²) in [6, 6.07) is 15.1. The summed E-state index contributed by atoms with van der Waals surface area (Å²) < 4.78 is 43.6. The van der Waals surface area contributed by atoms with Crippen LogP contribution in [0.15, 0.2) is 71.5 Å². The standard InChI is InChI=1S/C24H16F3N5O2/c1-2-30(21-14-13-17(15-20(21)27)12-11-16-7-4-3-5-8-16)23(33)32-24(34)31(28-29-32)22-18(25)9-6-10-19(22)26/h3-10,13-15H,2H2,1H3. The highest BCUT2D eigenvalue weighted by molar-refractivity contribution is 5.93. The molecule has 34 heavy (non-hydrogen) atoms. The molecule has 0 fully saturated rings. The van der Waals surface area contributed by atoms with Crippen LogP contribution in [0.25, 0.3) is 5.69 Å². The van der Waals surface area contributed by atoms with Gasteiger partial charge in [0.2, 0.25) is 0 Å². The normalized spacial score (nSPS) is 10.5. The molecule has 0 spiro atoms. The van der Waals surface area contributed by atoms with Crippen molar-refractivity contribution in [2.45, 2.75) is 6.92 Å². The second-order valence-electron chi connectivity index (χ2n) is 6.96. The molecule has 1 aromatic heterocycles. The number of para-hydroxylation sites is 1. The molecule has 4 aromatic rings. The van der Waals surface area contributed by atoms with E-state index in [2.05, 4.69) is 22.3 Å². The van der Waals surface area contributed by atoms with Gasteiger partial charge in [0, 0.05) is 17.7 Å². The summed E-state index contributed by atoms with van der Waals surface area (Å²) in [5.41, 5.74) is -0.977. The highest BCUT2D eigenvalue weighted by atomic mass is 19.1. The van der Waals surface area contributed by atoms with E-state index in [4.69, 9.17) is 0 Å². The maximum atomic E-state index is 14.9. The Morgan fingerprint density at radius 2 is 1.56 bits per heavy atom. The van der Waals surface area contributed by atoms with Gasteiger partial charge >= 0.3 is 11.7 Å². The molecule has 7 nitrogen and oxygen atoms in total. The van der Waals surface area contributed by atoms with Gasteiger partial charge in [-0.1, -0.05) is 36.1 Å². The molecule has 0 aliphatic rings. The molecule has 0 saturated heterocycles. The van der Waals surface area contributed by atoms with Crippen LogP contribution >= 0.6 is 0 Å². The fraction of sp³-hybridized carbons (Fsp3) is 0.0833. The predicted molar refractivity (Wildman–Crippen MR) is 118 cm³/mol. The molecule has 4 rings (SSSR count). The van der Waals surface area contributed by atoms with E-state index in [9.17, 15) is 22.8 Å². The molecule has 0 radical (unpaired) electrons. The van der Waals surface area contributed by atoms with E-state index in [1.54, 1.807) is 6.92 Å². The number of hydrogen-bond donors (Lipinski definition) is 0. The maximum Gasteiger partial charge on any atom is 0.377 e. The third-order valence-corrected chi connectivity index (χ3v) is 4.82. The molecule has 3 aromatic carbocycles. The molecule has 10 heteroatoms. The molecule has 0 N–H and O–H groups in total. The third-order valence-electron chi connectivity index (χ3n) is 4.82. The van der Waals surface area contributed by atoms with Crippen molar-refractivity contribution in [3.05, 3.63) is 106 Å². The van der Waals surface area contributed by atoms with Crippen molar-refractivity contribution in [1.82, 2.24) is 19.8 Å². The van der Waals surface area contributed by atoms with Crippen LogP contribution < -0.4 is 10.6 Å². The quantitative estimate of drug-likeness (QED) is 0.343. The second kappa shape index (κ2) is 9.46. The van der Waals surface area contributed by atoms with Crippen LogP contribution in [0.1, 0.15) is 18.1 Å². The van der Waals surface area contributed by atoms with Crippen LogP contribution in [0, 0.1) is 29.3 Å². The van der Waals surface area contributed by atoms with Gasteiger partial charge in [0.05, 0.1) is 5.69 Å². The van der Waals surface area contributed by atoms with Gasteiger partial charge in [0.25, 0.3) is 0 Å². The largest absolute Gasteiger partial charge is 0.377 e. The smallest absolute Gasteiger partial charge is 0.290 e. The average Bonchev–Trinajstić information content (AvgIpc) is 3.20. The second-order valence-corrected chi connectivity index (χ2v) is 6.96. The molecule has 0 atom stereocenters. The predicted octanol–water partition coefficient (Wildman–Crippen LogP) is 3.74. The van der Waals surface area contributed by atoms with Gasteiger partial charge in [-0.25, -0.2) is 22.8 Å². The lowest BCUT2D eigenvalue weighted by Crippen LogP contribution is -2.41. The molecular weight excluding hydrogens is 447 g/mol. The molecule has 0 aliphatic carbocycles. The van der Waals surface area contributed by atoms with Crippen molar-refractivity contribution >= 4 is 11.7 Å². The van der Waals surface area contributed by atoms with Gasteiger partial charge in [0.15, 0.2) is 11.6 Å². The summed E-state index contributed by atoms with van der Waals surface area (Å²) in [4.78, 5) is 26.5. The summed E-state index contributed by atoms with van der Waals surface area (Å²) in [6.45, 7) is 1.53. The summed E-state index contributed by atoms with van der Waals surface area (Å²) >= 11 is 0. The molecule has 1 heterocycles. The van der Waals surface area contributed by atoms with E-state index in [1.807, 2.05) is 30.3 Å². The number of tetrazole rings is 1. The van der Waals surface area contributed by atoms with E-state index in [1.165, 1.54) is 12.1 Å². The molecule has 0 saturated carbocycles. The van der Waals surface area contributed by atoms with E-state index in [0.717, 1.165) is 34.7 Å². The van der Waals surface area contributed by atoms with E-state index >= 15 is 0 Å². The minimum atomic E-state index is -1.21. The Bertz CT molecular complexity index is 1470. The first-order valence-electron chi connectivity index (χ1n) is 10.1. The van der Waals surface area contributed by atoms with Crippen LogP contribution in [-0.4, -0.2) is 32.4 Å². The Morgan fingerprint density at radius 1 is 0.882 bits per heavy atom. The average molecular weight is 463 g/mol. The first kappa shape index (κ1) is 22.5. The van der Waals surface area contributed by atoms with Crippen LogP contribution in [0.2, 0.25) is 0 Å². The van der Waals surface area contributed by atoms with Crippen molar-refractivity contribution in [2.75, 3.05) is 11.4 Å². The summed E-state index contributed by atoms with van der Waals surface area (Å²) in [5, 5.41) is 6.83. The first-order valence-corrected chi connectivity index (χ1v) is 10.1. The SMILES string of the molecule is CCN(C(=O)n1nnn(-c2c(F)cccc2F)c1=O)c1ccc(C#Cc2ccccc2)cc1F. The fourth-order valence-electron chi connectivity index (χ4n) is 3.19. The van der Waals surface area contributed by atoms with Crippen molar-refractivity contribution in [1.29, 1.82) is 0 Å². The van der Waals surface area contributed by atoms with Crippen molar-refractivity contribution in [3.8, 4) is 17.5 Å². The Labute approximate surface area is 191 Å². The monoisotopic (exact) mass is 463 g/mol. The number of benzene rings is 3. The highest BCUT2D eigenvalue weighted by Crippen LogP contribution is 2.21. The van der Waals surface area contributed by atoms with E-state index in [-0.39, 0.29) is 12.2 Å². The van der Waals surface area contributed by atoms with E-state index in [0.29, 0.717) is 14.9 Å². The fourth-order valence-corrected chi connectivity index (χ4v) is 3.19. The lowest BCUT2D eigenvalue weighted by atomic mass is 10.1. The molecular formula is C24H16F3N5O2. The minimum Gasteiger partial charge on any atom is -0.290 e. The Balaban J connectivity index is 1.65. The zero-order valence-electron chi connectivity index (χ0n) is 17.7. The van der Waals surface area contributed by atoms with Crippen LogP contribution in [0.3, 0.4) is 0 Å². The number of nitrogens with zero attached hydrogens (tertiary/aromatic N) is 5. The molecule has 0 bridgehead atoms. The van der Waals surface area contributed by atoms with Gasteiger partial charge in [0.1, 0.15) is 11.5 Å². The van der Waals surface area contributed by atoms with Gasteiger partial charge in [-0.05, 0) is 59.8 Å². The Kier molecular flexibility index (Phi) is 6.27. The van der Waals surface area contributed by atoms with Gasteiger partial charge in [-0.3, -0.25) is 4.90 Å². The van der Waals surface area contributed by atoms with Gasteiger partial charge in [-0.15, -0.1) is 4.68 Å². The van der Waals surface area contributed by atoms with Crippen LogP contribution in [0.4, 0.5) is 23.7 Å². The van der Waals surface area contributed by atoms with Crippen LogP contribution in [0.5, 0.6) is 0 Å². The maximum absolute atomic E-state index is 14.9. The third kappa shape index (κ3) is 4.31. The number of hydrogen-bond acceptors (Lipinski definition) is 4. The number of aromatic nitrogens is 4. The lowest BCUT2D eigenvalue weighted by Gasteiger charge is -2.20. The number of rotatable bonds is 3. The Morgan fingerprint density at radius 3 is 2.21 bits per heavy atom. The molecule has 0 aliphatic heterocycles. The van der Waals surface area contributed by atoms with Gasteiger partial charge in [-0.2, -0.15) is 4.68 Å². The molecule has 170 valence electrons. The zero-order valence-corrected chi connectivity index (χ0v) is 17.7. The minimum absolute atomic E-state index is 0.0296. The van der Waals surface area contributed by atoms with Crippen molar-refractivity contribution in [3.63, 3.8) is 0 Å². The summed E-state index contributed by atoms with van der Waals surface area (Å²) in [5.74, 6) is 2.87. The zero-order chi connectivity index (χ0) is 24.2. The number of anilines is 1. The number of amides is 1.